The van der Waals surface area contributed by atoms with Gasteiger partial charge in [0.25, 0.3) is 0 Å². The van der Waals surface area contributed by atoms with Crippen LogP contribution >= 0.6 is 0 Å². The first-order valence-electron chi connectivity index (χ1n) is 7.69. The van der Waals surface area contributed by atoms with E-state index >= 15 is 0 Å². The number of hydrogen-bond donors (Lipinski definition) is 2. The predicted octanol–water partition coefficient (Wildman–Crippen LogP) is 1.98. The van der Waals surface area contributed by atoms with Gasteiger partial charge in [-0.15, -0.1) is 0 Å². The van der Waals surface area contributed by atoms with Crippen molar-refractivity contribution >= 4 is 16.8 Å². The highest BCUT2D eigenvalue weighted by molar-refractivity contribution is 7.85. The van der Waals surface area contributed by atoms with E-state index in [9.17, 15) is 8.60 Å². The topological polar surface area (TPSA) is 53.5 Å². The number of aliphatic imine (C=N–C) groups is 1. The number of nitrogens with zero attached hydrogens (tertiary/aromatic N) is 1. The molecule has 1 saturated carbocycles. The number of rotatable bonds is 7. The second kappa shape index (κ2) is 10.1. The summed E-state index contributed by atoms with van der Waals surface area (Å²) in [6.45, 7) is 4.96. The van der Waals surface area contributed by atoms with Crippen LogP contribution in [0.2, 0.25) is 0 Å². The van der Waals surface area contributed by atoms with Gasteiger partial charge in [0, 0.05) is 40.9 Å². The van der Waals surface area contributed by atoms with Gasteiger partial charge in [0.05, 0.1) is 6.67 Å². The minimum absolute atomic E-state index is 0.306. The molecule has 2 N–H and O–H groups in total. The Kier molecular flexibility index (Phi) is 8.82. The smallest absolute Gasteiger partial charge is 0.191 e. The normalized spacial score (nSPS) is 25.2. The van der Waals surface area contributed by atoms with Crippen LogP contribution < -0.4 is 10.6 Å². The van der Waals surface area contributed by atoms with Gasteiger partial charge >= 0.3 is 0 Å². The molecule has 6 heteroatoms. The molecule has 0 aromatic rings. The Morgan fingerprint density at radius 2 is 2.20 bits per heavy atom. The highest BCUT2D eigenvalue weighted by Crippen LogP contribution is 2.22. The maximum atomic E-state index is 12.1. The summed E-state index contributed by atoms with van der Waals surface area (Å²) in [6, 6.07) is 0.326. The van der Waals surface area contributed by atoms with E-state index in [0.717, 1.165) is 43.9 Å². The molecule has 1 aliphatic rings. The van der Waals surface area contributed by atoms with Crippen LogP contribution in [0.25, 0.3) is 0 Å². The highest BCUT2D eigenvalue weighted by Gasteiger charge is 2.25. The molecule has 1 rings (SSSR count). The Labute approximate surface area is 124 Å². The van der Waals surface area contributed by atoms with E-state index in [-0.39, 0.29) is 6.67 Å². The number of nitrogens with one attached hydrogen (secondary N) is 2. The average Bonchev–Trinajstić information content (AvgIpc) is 2.47. The molecule has 0 heterocycles. The maximum absolute atomic E-state index is 12.1. The molecule has 3 unspecified atom stereocenters. The summed E-state index contributed by atoms with van der Waals surface area (Å²) in [4.78, 5) is 4.37. The summed E-state index contributed by atoms with van der Waals surface area (Å²) in [5.74, 6) is 1.50. The maximum Gasteiger partial charge on any atom is 0.191 e. The van der Waals surface area contributed by atoms with Crippen molar-refractivity contribution < 1.29 is 8.60 Å². The van der Waals surface area contributed by atoms with Gasteiger partial charge < -0.3 is 10.6 Å². The van der Waals surface area contributed by atoms with E-state index in [1.54, 1.807) is 0 Å². The van der Waals surface area contributed by atoms with Crippen molar-refractivity contribution in [3.05, 3.63) is 0 Å². The van der Waals surface area contributed by atoms with E-state index in [4.69, 9.17) is 0 Å². The van der Waals surface area contributed by atoms with Crippen LogP contribution in [0.4, 0.5) is 4.39 Å². The SMILES string of the molecule is CCNC(=NCCCF)NC1CCCC(S(=O)CC)C1. The lowest BCUT2D eigenvalue weighted by molar-refractivity contribution is 0.413. The standard InChI is InChI=1S/C14H28FN3OS/c1-3-16-14(17-10-6-9-15)18-12-7-5-8-13(11-12)20(19)4-2/h12-13H,3-11H2,1-2H3,(H2,16,17,18). The highest BCUT2D eigenvalue weighted by atomic mass is 32.2. The summed E-state index contributed by atoms with van der Waals surface area (Å²) in [5, 5.41) is 6.90. The molecule has 4 nitrogen and oxygen atoms in total. The van der Waals surface area contributed by atoms with Crippen molar-refractivity contribution in [2.75, 3.05) is 25.5 Å². The fraction of sp³-hybridized carbons (Fsp3) is 0.929. The first-order chi connectivity index (χ1) is 9.71. The fourth-order valence-electron chi connectivity index (χ4n) is 2.51. The van der Waals surface area contributed by atoms with Gasteiger partial charge in [-0.25, -0.2) is 0 Å². The van der Waals surface area contributed by atoms with Crippen LogP contribution in [0.5, 0.6) is 0 Å². The molecule has 0 aromatic carbocycles. The Morgan fingerprint density at radius 3 is 2.85 bits per heavy atom. The molecule has 0 amide bonds. The Balaban J connectivity index is 2.50. The van der Waals surface area contributed by atoms with Crippen molar-refractivity contribution in [1.29, 1.82) is 0 Å². The van der Waals surface area contributed by atoms with Crippen LogP contribution in [0, 0.1) is 0 Å². The molecule has 0 aromatic heterocycles. The second-order valence-corrected chi connectivity index (χ2v) is 7.11. The molecule has 20 heavy (non-hydrogen) atoms. The van der Waals surface area contributed by atoms with Crippen LogP contribution in [0.3, 0.4) is 0 Å². The van der Waals surface area contributed by atoms with Crippen LogP contribution in [0.15, 0.2) is 4.99 Å². The largest absolute Gasteiger partial charge is 0.357 e. The molecule has 0 aliphatic heterocycles. The van der Waals surface area contributed by atoms with Gasteiger partial charge in [-0.1, -0.05) is 13.3 Å². The van der Waals surface area contributed by atoms with Gasteiger partial charge in [-0.05, 0) is 32.6 Å². The fourth-order valence-corrected chi connectivity index (χ4v) is 3.86. The molecule has 1 aliphatic carbocycles. The third kappa shape index (κ3) is 6.20. The number of halogens is 1. The molecule has 0 bridgehead atoms. The van der Waals surface area contributed by atoms with E-state index in [0.29, 0.717) is 24.3 Å². The van der Waals surface area contributed by atoms with Crippen molar-refractivity contribution in [2.24, 2.45) is 4.99 Å². The second-order valence-electron chi connectivity index (χ2n) is 5.10. The minimum atomic E-state index is -0.709. The van der Waals surface area contributed by atoms with E-state index in [1.807, 2.05) is 13.8 Å². The average molecular weight is 305 g/mol. The van der Waals surface area contributed by atoms with Crippen molar-refractivity contribution in [3.8, 4) is 0 Å². The van der Waals surface area contributed by atoms with Crippen molar-refractivity contribution in [3.63, 3.8) is 0 Å². The van der Waals surface area contributed by atoms with Crippen LogP contribution in [-0.4, -0.2) is 47.0 Å². The quantitative estimate of drug-likeness (QED) is 0.430. The zero-order valence-electron chi connectivity index (χ0n) is 12.7. The minimum Gasteiger partial charge on any atom is -0.357 e. The van der Waals surface area contributed by atoms with Crippen molar-refractivity contribution in [1.82, 2.24) is 10.6 Å². The lowest BCUT2D eigenvalue weighted by Crippen LogP contribution is -2.46. The van der Waals surface area contributed by atoms with Gasteiger partial charge in [0.2, 0.25) is 0 Å². The van der Waals surface area contributed by atoms with Gasteiger partial charge in [0.1, 0.15) is 0 Å². The molecular weight excluding hydrogens is 277 g/mol. The summed E-state index contributed by atoms with van der Waals surface area (Å²) in [6.07, 6.45) is 4.66. The first-order valence-corrected chi connectivity index (χ1v) is 9.07. The third-order valence-corrected chi connectivity index (χ3v) is 5.27. The van der Waals surface area contributed by atoms with E-state index < -0.39 is 10.8 Å². The summed E-state index contributed by atoms with van der Waals surface area (Å²) < 4.78 is 24.1. The van der Waals surface area contributed by atoms with Crippen LogP contribution in [0.1, 0.15) is 46.0 Å². The number of hydrogen-bond acceptors (Lipinski definition) is 2. The Hall–Kier alpha value is -0.650. The Bertz CT molecular complexity index is 326. The zero-order chi connectivity index (χ0) is 14.8. The molecule has 1 fully saturated rings. The number of alkyl halides is 1. The molecule has 0 saturated heterocycles. The van der Waals surface area contributed by atoms with Gasteiger partial charge in [0.15, 0.2) is 5.96 Å². The molecule has 0 radical (unpaired) electrons. The zero-order valence-corrected chi connectivity index (χ0v) is 13.5. The summed E-state index contributed by atoms with van der Waals surface area (Å²) in [5.41, 5.74) is 0. The third-order valence-electron chi connectivity index (χ3n) is 3.53. The van der Waals surface area contributed by atoms with E-state index in [2.05, 4.69) is 15.6 Å². The molecule has 118 valence electrons. The number of guanidine groups is 1. The monoisotopic (exact) mass is 305 g/mol. The van der Waals surface area contributed by atoms with Gasteiger partial charge in [-0.2, -0.15) is 0 Å². The Morgan fingerprint density at radius 1 is 1.40 bits per heavy atom. The lowest BCUT2D eigenvalue weighted by Gasteiger charge is -2.30. The summed E-state index contributed by atoms with van der Waals surface area (Å²) >= 11 is 0. The lowest BCUT2D eigenvalue weighted by atomic mass is 9.95. The first kappa shape index (κ1) is 17.4. The van der Waals surface area contributed by atoms with Crippen molar-refractivity contribution in [2.45, 2.75) is 57.2 Å². The van der Waals surface area contributed by atoms with Gasteiger partial charge in [-0.3, -0.25) is 13.6 Å². The summed E-state index contributed by atoms with van der Waals surface area (Å²) in [7, 11) is -0.709. The predicted molar refractivity (Wildman–Crippen MR) is 84.4 cm³/mol. The molecule has 0 spiro atoms. The molecule has 3 atom stereocenters. The molecular formula is C14H28FN3OS. The van der Waals surface area contributed by atoms with Crippen LogP contribution in [-0.2, 0) is 10.8 Å². The van der Waals surface area contributed by atoms with E-state index in [1.165, 1.54) is 0 Å².